The molecule has 1 saturated carbocycles. The summed E-state index contributed by atoms with van der Waals surface area (Å²) in [6, 6.07) is 2.96. The van der Waals surface area contributed by atoms with Crippen molar-refractivity contribution in [1.82, 2.24) is 0 Å². The predicted molar refractivity (Wildman–Crippen MR) is 46.7 cm³/mol. The summed E-state index contributed by atoms with van der Waals surface area (Å²) >= 11 is 0. The number of rotatable bonds is 1. The molecular formula is C10H9F4N. The van der Waals surface area contributed by atoms with Crippen LogP contribution in [0.1, 0.15) is 23.5 Å². The first-order valence-electron chi connectivity index (χ1n) is 4.52. The molecule has 82 valence electrons. The molecule has 0 radical (unpaired) electrons. The monoisotopic (exact) mass is 219 g/mol. The molecule has 0 heterocycles. The standard InChI is InChI=1S/C10H9F4N/c11-8-3-5(6-4-9(6)15)1-2-7(8)10(12,13)14/h1-3,6,9H,4,15H2. The lowest BCUT2D eigenvalue weighted by Crippen LogP contribution is -2.08. The number of halogens is 4. The van der Waals surface area contributed by atoms with Gasteiger partial charge in [-0.05, 0) is 24.1 Å². The maximum absolute atomic E-state index is 13.1. The van der Waals surface area contributed by atoms with Crippen LogP contribution in [0.5, 0.6) is 0 Å². The lowest BCUT2D eigenvalue weighted by molar-refractivity contribution is -0.140. The fourth-order valence-electron chi connectivity index (χ4n) is 1.59. The minimum absolute atomic E-state index is 0.0155. The number of hydrogen-bond acceptors (Lipinski definition) is 1. The van der Waals surface area contributed by atoms with E-state index in [0.717, 1.165) is 12.1 Å². The van der Waals surface area contributed by atoms with E-state index in [4.69, 9.17) is 5.73 Å². The van der Waals surface area contributed by atoms with Crippen LogP contribution >= 0.6 is 0 Å². The molecule has 0 amide bonds. The minimum Gasteiger partial charge on any atom is -0.327 e. The van der Waals surface area contributed by atoms with Crippen LogP contribution in [0.4, 0.5) is 17.6 Å². The zero-order valence-electron chi connectivity index (χ0n) is 7.68. The van der Waals surface area contributed by atoms with Gasteiger partial charge in [-0.25, -0.2) is 4.39 Å². The highest BCUT2D eigenvalue weighted by Gasteiger charge is 2.38. The van der Waals surface area contributed by atoms with Crippen molar-refractivity contribution < 1.29 is 17.6 Å². The fraction of sp³-hybridized carbons (Fsp3) is 0.400. The summed E-state index contributed by atoms with van der Waals surface area (Å²) in [4.78, 5) is 0. The zero-order chi connectivity index (χ0) is 11.2. The maximum atomic E-state index is 13.1. The molecule has 0 saturated heterocycles. The summed E-state index contributed by atoms with van der Waals surface area (Å²) in [6.45, 7) is 0. The first kappa shape index (κ1) is 10.4. The SMILES string of the molecule is NC1CC1c1ccc(C(F)(F)F)c(F)c1. The number of nitrogens with two attached hydrogens (primary N) is 1. The van der Waals surface area contributed by atoms with Gasteiger partial charge in [0.25, 0.3) is 0 Å². The van der Waals surface area contributed by atoms with Gasteiger partial charge in [0.2, 0.25) is 0 Å². The van der Waals surface area contributed by atoms with Crippen molar-refractivity contribution in [2.75, 3.05) is 0 Å². The van der Waals surface area contributed by atoms with E-state index in [1.165, 1.54) is 6.07 Å². The van der Waals surface area contributed by atoms with Crippen molar-refractivity contribution in [3.63, 3.8) is 0 Å². The summed E-state index contributed by atoms with van der Waals surface area (Å²) in [5.74, 6) is -1.21. The molecule has 1 aromatic carbocycles. The van der Waals surface area contributed by atoms with Gasteiger partial charge >= 0.3 is 6.18 Å². The van der Waals surface area contributed by atoms with Crippen molar-refractivity contribution in [1.29, 1.82) is 0 Å². The Morgan fingerprint density at radius 1 is 1.27 bits per heavy atom. The summed E-state index contributed by atoms with van der Waals surface area (Å²) in [5.41, 5.74) is 4.86. The summed E-state index contributed by atoms with van der Waals surface area (Å²) < 4.78 is 49.7. The van der Waals surface area contributed by atoms with E-state index in [9.17, 15) is 17.6 Å². The number of hydrogen-bond donors (Lipinski definition) is 1. The fourth-order valence-corrected chi connectivity index (χ4v) is 1.59. The molecule has 0 bridgehead atoms. The third kappa shape index (κ3) is 1.97. The van der Waals surface area contributed by atoms with Crippen LogP contribution in [0.2, 0.25) is 0 Å². The Morgan fingerprint density at radius 2 is 1.87 bits per heavy atom. The summed E-state index contributed by atoms with van der Waals surface area (Å²) in [5, 5.41) is 0. The Labute approximate surface area is 83.9 Å². The van der Waals surface area contributed by atoms with Crippen molar-refractivity contribution in [3.05, 3.63) is 35.1 Å². The van der Waals surface area contributed by atoms with Crippen molar-refractivity contribution in [3.8, 4) is 0 Å². The minimum atomic E-state index is -4.63. The molecule has 2 N–H and O–H groups in total. The lowest BCUT2D eigenvalue weighted by Gasteiger charge is -2.08. The van der Waals surface area contributed by atoms with Crippen LogP contribution < -0.4 is 5.73 Å². The number of alkyl halides is 3. The Bertz CT molecular complexity index is 385. The van der Waals surface area contributed by atoms with Gasteiger partial charge < -0.3 is 5.73 Å². The van der Waals surface area contributed by atoms with Crippen LogP contribution in [0.15, 0.2) is 18.2 Å². The Balaban J connectivity index is 2.31. The van der Waals surface area contributed by atoms with E-state index in [1.807, 2.05) is 0 Å². The number of benzene rings is 1. The highest BCUT2D eigenvalue weighted by atomic mass is 19.4. The van der Waals surface area contributed by atoms with Gasteiger partial charge in [-0.1, -0.05) is 6.07 Å². The molecular weight excluding hydrogens is 210 g/mol. The molecule has 1 fully saturated rings. The van der Waals surface area contributed by atoms with Crippen LogP contribution in [-0.2, 0) is 6.18 Å². The first-order chi connectivity index (χ1) is 6.89. The zero-order valence-corrected chi connectivity index (χ0v) is 7.68. The largest absolute Gasteiger partial charge is 0.419 e. The van der Waals surface area contributed by atoms with Gasteiger partial charge in [0, 0.05) is 12.0 Å². The van der Waals surface area contributed by atoms with E-state index >= 15 is 0 Å². The quantitative estimate of drug-likeness (QED) is 0.722. The molecule has 5 heteroatoms. The topological polar surface area (TPSA) is 26.0 Å². The first-order valence-corrected chi connectivity index (χ1v) is 4.52. The average molecular weight is 219 g/mol. The van der Waals surface area contributed by atoms with Gasteiger partial charge in [-0.15, -0.1) is 0 Å². The molecule has 1 aromatic rings. The van der Waals surface area contributed by atoms with Crippen LogP contribution in [-0.4, -0.2) is 6.04 Å². The molecule has 0 spiro atoms. The molecule has 1 aliphatic rings. The van der Waals surface area contributed by atoms with Crippen molar-refractivity contribution >= 4 is 0 Å². The van der Waals surface area contributed by atoms with Crippen molar-refractivity contribution in [2.24, 2.45) is 5.73 Å². The van der Waals surface area contributed by atoms with E-state index < -0.39 is 17.6 Å². The summed E-state index contributed by atoms with van der Waals surface area (Å²) in [7, 11) is 0. The lowest BCUT2D eigenvalue weighted by atomic mass is 10.1. The highest BCUT2D eigenvalue weighted by Crippen LogP contribution is 2.40. The average Bonchev–Trinajstić information content (AvgIpc) is 2.80. The van der Waals surface area contributed by atoms with E-state index in [-0.39, 0.29) is 12.0 Å². The van der Waals surface area contributed by atoms with Gasteiger partial charge in [0.1, 0.15) is 5.82 Å². The molecule has 0 aliphatic heterocycles. The third-order valence-electron chi connectivity index (χ3n) is 2.57. The molecule has 1 aliphatic carbocycles. The second-order valence-electron chi connectivity index (χ2n) is 3.74. The highest BCUT2D eigenvalue weighted by molar-refractivity contribution is 5.33. The Kier molecular flexibility index (Phi) is 2.22. The Morgan fingerprint density at radius 3 is 2.27 bits per heavy atom. The second-order valence-corrected chi connectivity index (χ2v) is 3.74. The van der Waals surface area contributed by atoms with E-state index in [1.54, 1.807) is 0 Å². The van der Waals surface area contributed by atoms with Gasteiger partial charge in [0.05, 0.1) is 5.56 Å². The van der Waals surface area contributed by atoms with Gasteiger partial charge in [-0.2, -0.15) is 13.2 Å². The van der Waals surface area contributed by atoms with E-state index in [2.05, 4.69) is 0 Å². The predicted octanol–water partition coefficient (Wildman–Crippen LogP) is 2.66. The van der Waals surface area contributed by atoms with Crippen LogP contribution in [0, 0.1) is 5.82 Å². The van der Waals surface area contributed by atoms with Crippen molar-refractivity contribution in [2.45, 2.75) is 24.6 Å². The molecule has 2 atom stereocenters. The normalized spacial score (nSPS) is 25.4. The third-order valence-corrected chi connectivity index (χ3v) is 2.57. The second kappa shape index (κ2) is 3.20. The van der Waals surface area contributed by atoms with Crippen LogP contribution in [0.3, 0.4) is 0 Å². The Hall–Kier alpha value is -1.10. The van der Waals surface area contributed by atoms with Gasteiger partial charge in [-0.3, -0.25) is 0 Å². The molecule has 1 nitrogen and oxygen atoms in total. The van der Waals surface area contributed by atoms with E-state index in [0.29, 0.717) is 12.0 Å². The molecule has 0 aromatic heterocycles. The van der Waals surface area contributed by atoms with Gasteiger partial charge in [0.15, 0.2) is 0 Å². The molecule has 2 unspecified atom stereocenters. The van der Waals surface area contributed by atoms with Crippen LogP contribution in [0.25, 0.3) is 0 Å². The molecule has 15 heavy (non-hydrogen) atoms. The molecule has 2 rings (SSSR count). The summed E-state index contributed by atoms with van der Waals surface area (Å²) in [6.07, 6.45) is -3.92. The smallest absolute Gasteiger partial charge is 0.327 e. The maximum Gasteiger partial charge on any atom is 0.419 e.